The SMILES string of the molecule is Clc1cc(Br)ccc1Oc1cc(Br)ccc1CNC1CC1. The Morgan fingerprint density at radius 2 is 1.76 bits per heavy atom. The highest BCUT2D eigenvalue weighted by Crippen LogP contribution is 2.34. The molecule has 0 unspecified atom stereocenters. The van der Waals surface area contributed by atoms with E-state index >= 15 is 0 Å². The van der Waals surface area contributed by atoms with E-state index in [1.165, 1.54) is 12.8 Å². The van der Waals surface area contributed by atoms with E-state index < -0.39 is 0 Å². The molecule has 0 saturated heterocycles. The lowest BCUT2D eigenvalue weighted by Crippen LogP contribution is -2.15. The lowest BCUT2D eigenvalue weighted by atomic mass is 10.2. The molecule has 0 aliphatic heterocycles. The van der Waals surface area contributed by atoms with Gasteiger partial charge in [-0.3, -0.25) is 0 Å². The zero-order chi connectivity index (χ0) is 14.8. The van der Waals surface area contributed by atoms with Gasteiger partial charge in [0.15, 0.2) is 0 Å². The maximum Gasteiger partial charge on any atom is 0.146 e. The van der Waals surface area contributed by atoms with E-state index in [9.17, 15) is 0 Å². The second-order valence-electron chi connectivity index (χ2n) is 5.08. The Morgan fingerprint density at radius 1 is 1.05 bits per heavy atom. The Morgan fingerprint density at radius 3 is 2.48 bits per heavy atom. The number of hydrogen-bond acceptors (Lipinski definition) is 2. The van der Waals surface area contributed by atoms with Crippen molar-refractivity contribution in [2.45, 2.75) is 25.4 Å². The highest BCUT2D eigenvalue weighted by molar-refractivity contribution is 9.10. The summed E-state index contributed by atoms with van der Waals surface area (Å²) in [6, 6.07) is 12.4. The van der Waals surface area contributed by atoms with Gasteiger partial charge in [0.2, 0.25) is 0 Å². The van der Waals surface area contributed by atoms with Crippen LogP contribution in [-0.2, 0) is 6.54 Å². The zero-order valence-corrected chi connectivity index (χ0v) is 15.1. The first kappa shape index (κ1) is 15.3. The van der Waals surface area contributed by atoms with Gasteiger partial charge in [-0.15, -0.1) is 0 Å². The van der Waals surface area contributed by atoms with Crippen molar-refractivity contribution in [1.29, 1.82) is 0 Å². The third-order valence-electron chi connectivity index (χ3n) is 3.30. The molecule has 3 rings (SSSR count). The van der Waals surface area contributed by atoms with Gasteiger partial charge in [-0.05, 0) is 43.2 Å². The van der Waals surface area contributed by atoms with Gasteiger partial charge in [-0.25, -0.2) is 0 Å². The quantitative estimate of drug-likeness (QED) is 0.636. The van der Waals surface area contributed by atoms with E-state index in [4.69, 9.17) is 16.3 Å². The molecule has 0 atom stereocenters. The fourth-order valence-corrected chi connectivity index (χ4v) is 3.04. The lowest BCUT2D eigenvalue weighted by Gasteiger charge is -2.13. The summed E-state index contributed by atoms with van der Waals surface area (Å²) in [5, 5.41) is 4.09. The average Bonchev–Trinajstić information content (AvgIpc) is 3.25. The van der Waals surface area contributed by atoms with Gasteiger partial charge in [0, 0.05) is 27.1 Å². The van der Waals surface area contributed by atoms with E-state index in [-0.39, 0.29) is 0 Å². The third-order valence-corrected chi connectivity index (χ3v) is 4.58. The van der Waals surface area contributed by atoms with Crippen molar-refractivity contribution in [3.05, 3.63) is 55.9 Å². The Balaban J connectivity index is 1.83. The van der Waals surface area contributed by atoms with Gasteiger partial charge in [0.1, 0.15) is 11.5 Å². The van der Waals surface area contributed by atoms with Gasteiger partial charge in [0.05, 0.1) is 5.02 Å². The van der Waals surface area contributed by atoms with Gasteiger partial charge in [0.25, 0.3) is 0 Å². The largest absolute Gasteiger partial charge is 0.455 e. The molecule has 0 heterocycles. The van der Waals surface area contributed by atoms with E-state index in [0.717, 1.165) is 26.8 Å². The Hall–Kier alpha value is -0.550. The van der Waals surface area contributed by atoms with Crippen molar-refractivity contribution in [2.75, 3.05) is 0 Å². The van der Waals surface area contributed by atoms with Crippen molar-refractivity contribution < 1.29 is 4.74 Å². The molecule has 110 valence electrons. The molecule has 1 fully saturated rings. The second-order valence-corrected chi connectivity index (χ2v) is 7.32. The molecule has 2 aromatic rings. The van der Waals surface area contributed by atoms with Crippen LogP contribution in [0.2, 0.25) is 5.02 Å². The maximum absolute atomic E-state index is 6.23. The molecule has 0 spiro atoms. The summed E-state index contributed by atoms with van der Waals surface area (Å²) in [5.74, 6) is 1.48. The van der Waals surface area contributed by atoms with Gasteiger partial charge in [-0.1, -0.05) is 49.5 Å². The summed E-state index contributed by atoms with van der Waals surface area (Å²) in [6.07, 6.45) is 2.54. The molecule has 1 N–H and O–H groups in total. The van der Waals surface area contributed by atoms with Gasteiger partial charge >= 0.3 is 0 Å². The van der Waals surface area contributed by atoms with Crippen molar-refractivity contribution in [3.8, 4) is 11.5 Å². The molecule has 21 heavy (non-hydrogen) atoms. The molecule has 1 saturated carbocycles. The highest BCUT2D eigenvalue weighted by Gasteiger charge is 2.20. The first-order chi connectivity index (χ1) is 10.1. The van der Waals surface area contributed by atoms with E-state index in [2.05, 4.69) is 43.2 Å². The minimum absolute atomic E-state index is 0.588. The summed E-state index contributed by atoms with van der Waals surface area (Å²) in [6.45, 7) is 0.807. The molecule has 0 bridgehead atoms. The Labute approximate surface area is 146 Å². The van der Waals surface area contributed by atoms with Crippen LogP contribution in [0.15, 0.2) is 45.3 Å². The summed E-state index contributed by atoms with van der Waals surface area (Å²) in [4.78, 5) is 0. The van der Waals surface area contributed by atoms with E-state index in [0.29, 0.717) is 16.8 Å². The molecule has 1 aliphatic carbocycles. The first-order valence-corrected chi connectivity index (χ1v) is 8.73. The topological polar surface area (TPSA) is 21.3 Å². The molecular weight excluding hydrogens is 417 g/mol. The fourth-order valence-electron chi connectivity index (χ4n) is 1.99. The highest BCUT2D eigenvalue weighted by atomic mass is 79.9. The fraction of sp³-hybridized carbons (Fsp3) is 0.250. The predicted molar refractivity (Wildman–Crippen MR) is 93.2 cm³/mol. The number of ether oxygens (including phenoxy) is 1. The summed E-state index contributed by atoms with van der Waals surface area (Å²) >= 11 is 13.1. The van der Waals surface area contributed by atoms with Crippen molar-refractivity contribution in [3.63, 3.8) is 0 Å². The molecule has 0 aromatic heterocycles. The van der Waals surface area contributed by atoms with Crippen LogP contribution >= 0.6 is 43.5 Å². The number of nitrogens with one attached hydrogen (secondary N) is 1. The standard InChI is InChI=1S/C16H14Br2ClNO/c17-11-3-6-15(14(19)7-11)21-16-8-12(18)2-1-10(16)9-20-13-4-5-13/h1-3,6-8,13,20H,4-5,9H2. The van der Waals surface area contributed by atoms with Crippen molar-refractivity contribution in [2.24, 2.45) is 0 Å². The number of rotatable bonds is 5. The summed E-state index contributed by atoms with van der Waals surface area (Å²) in [7, 11) is 0. The summed E-state index contributed by atoms with van der Waals surface area (Å²) < 4.78 is 7.93. The second kappa shape index (κ2) is 6.69. The third kappa shape index (κ3) is 4.22. The van der Waals surface area contributed by atoms with E-state index in [1.54, 1.807) is 0 Å². The smallest absolute Gasteiger partial charge is 0.146 e. The molecule has 0 radical (unpaired) electrons. The lowest BCUT2D eigenvalue weighted by molar-refractivity contribution is 0.472. The van der Waals surface area contributed by atoms with Crippen LogP contribution in [-0.4, -0.2) is 6.04 Å². The molecule has 2 nitrogen and oxygen atoms in total. The molecule has 0 amide bonds. The zero-order valence-electron chi connectivity index (χ0n) is 11.2. The van der Waals surface area contributed by atoms with Crippen LogP contribution in [0.4, 0.5) is 0 Å². The molecule has 5 heteroatoms. The Kier molecular flexibility index (Phi) is 4.89. The van der Waals surface area contributed by atoms with Crippen molar-refractivity contribution in [1.82, 2.24) is 5.32 Å². The Bertz CT molecular complexity index is 659. The maximum atomic E-state index is 6.23. The number of benzene rings is 2. The first-order valence-electron chi connectivity index (χ1n) is 6.76. The normalized spacial score (nSPS) is 14.2. The minimum Gasteiger partial charge on any atom is -0.455 e. The van der Waals surface area contributed by atoms with Crippen LogP contribution in [0.3, 0.4) is 0 Å². The van der Waals surface area contributed by atoms with Crippen LogP contribution < -0.4 is 10.1 Å². The number of hydrogen-bond donors (Lipinski definition) is 1. The van der Waals surface area contributed by atoms with Crippen LogP contribution in [0.1, 0.15) is 18.4 Å². The monoisotopic (exact) mass is 429 g/mol. The van der Waals surface area contributed by atoms with E-state index in [1.807, 2.05) is 30.3 Å². The average molecular weight is 432 g/mol. The van der Waals surface area contributed by atoms with Gasteiger partial charge in [-0.2, -0.15) is 0 Å². The molecular formula is C16H14Br2ClNO. The molecule has 1 aliphatic rings. The summed E-state index contributed by atoms with van der Waals surface area (Å²) in [5.41, 5.74) is 1.13. The molecule has 2 aromatic carbocycles. The number of halogens is 3. The van der Waals surface area contributed by atoms with Crippen LogP contribution in [0, 0.1) is 0 Å². The van der Waals surface area contributed by atoms with Gasteiger partial charge < -0.3 is 10.1 Å². The predicted octanol–water partition coefficient (Wildman–Crippen LogP) is 5.91. The van der Waals surface area contributed by atoms with Crippen LogP contribution in [0.25, 0.3) is 0 Å². The van der Waals surface area contributed by atoms with Crippen molar-refractivity contribution >= 4 is 43.5 Å². The van der Waals surface area contributed by atoms with Crippen LogP contribution in [0.5, 0.6) is 11.5 Å². The minimum atomic E-state index is 0.588.